The van der Waals surface area contributed by atoms with Crippen LogP contribution in [-0.2, 0) is 26.2 Å². The SMILES string of the molecule is CCS(=O)(=O)N(CC(=O)N(Cc1ccc(Cl)cc1)C(C)C(=O)NC1CCCCC1)c1ccc2c(c1)OCO2. The maximum absolute atomic E-state index is 13.8. The molecule has 0 aromatic heterocycles. The van der Waals surface area contributed by atoms with Crippen molar-refractivity contribution >= 4 is 39.1 Å². The molecule has 9 nitrogen and oxygen atoms in total. The molecule has 11 heteroatoms. The molecule has 1 fully saturated rings. The fourth-order valence-electron chi connectivity index (χ4n) is 4.70. The number of sulfonamides is 1. The Bertz CT molecular complexity index is 1250. The van der Waals surface area contributed by atoms with Gasteiger partial charge in [-0.05, 0) is 56.5 Å². The molecule has 38 heavy (non-hydrogen) atoms. The van der Waals surface area contributed by atoms with Gasteiger partial charge in [0.2, 0.25) is 28.6 Å². The lowest BCUT2D eigenvalue weighted by molar-refractivity contribution is -0.139. The Hall–Kier alpha value is -2.98. The molecule has 1 unspecified atom stereocenters. The van der Waals surface area contributed by atoms with Crippen LogP contribution in [0.3, 0.4) is 0 Å². The summed E-state index contributed by atoms with van der Waals surface area (Å²) in [6.45, 7) is 2.89. The van der Waals surface area contributed by atoms with Gasteiger partial charge in [0.05, 0.1) is 11.4 Å². The zero-order valence-electron chi connectivity index (χ0n) is 21.7. The molecule has 0 spiro atoms. The Morgan fingerprint density at radius 1 is 1.05 bits per heavy atom. The third-order valence-electron chi connectivity index (χ3n) is 7.01. The van der Waals surface area contributed by atoms with E-state index in [-0.39, 0.29) is 36.7 Å². The minimum absolute atomic E-state index is 0.0424. The maximum Gasteiger partial charge on any atom is 0.244 e. The van der Waals surface area contributed by atoms with E-state index in [4.69, 9.17) is 21.1 Å². The molecule has 1 aliphatic heterocycles. The first kappa shape index (κ1) is 28.0. The smallest absolute Gasteiger partial charge is 0.244 e. The van der Waals surface area contributed by atoms with Gasteiger partial charge in [0.25, 0.3) is 0 Å². The summed E-state index contributed by atoms with van der Waals surface area (Å²) < 4.78 is 38.0. The number of ether oxygens (including phenoxy) is 2. The highest BCUT2D eigenvalue weighted by molar-refractivity contribution is 7.92. The summed E-state index contributed by atoms with van der Waals surface area (Å²) in [7, 11) is -3.83. The van der Waals surface area contributed by atoms with E-state index in [1.165, 1.54) is 11.8 Å². The van der Waals surface area contributed by atoms with Gasteiger partial charge < -0.3 is 19.7 Å². The zero-order chi connectivity index (χ0) is 27.3. The molecule has 1 saturated carbocycles. The van der Waals surface area contributed by atoms with Crippen LogP contribution in [0.2, 0.25) is 5.02 Å². The molecule has 0 saturated heterocycles. The minimum Gasteiger partial charge on any atom is -0.454 e. The Morgan fingerprint density at radius 2 is 1.74 bits per heavy atom. The van der Waals surface area contributed by atoms with Crippen LogP contribution in [0.1, 0.15) is 51.5 Å². The molecule has 0 bridgehead atoms. The first-order valence-corrected chi connectivity index (χ1v) is 14.9. The molecule has 2 aromatic carbocycles. The fourth-order valence-corrected chi connectivity index (χ4v) is 5.88. The topological polar surface area (TPSA) is 105 Å². The number of amides is 2. The Balaban J connectivity index is 1.60. The number of carbonyl (C=O) groups excluding carboxylic acids is 2. The predicted molar refractivity (Wildman–Crippen MR) is 146 cm³/mol. The average Bonchev–Trinajstić information content (AvgIpc) is 3.39. The normalized spacial score (nSPS) is 16.1. The van der Waals surface area contributed by atoms with E-state index < -0.39 is 28.5 Å². The number of benzene rings is 2. The highest BCUT2D eigenvalue weighted by Gasteiger charge is 2.32. The van der Waals surface area contributed by atoms with Crippen molar-refractivity contribution in [2.45, 2.75) is 64.6 Å². The van der Waals surface area contributed by atoms with E-state index in [9.17, 15) is 18.0 Å². The van der Waals surface area contributed by atoms with Crippen molar-refractivity contribution in [3.63, 3.8) is 0 Å². The third-order valence-corrected chi connectivity index (χ3v) is 9.00. The second-order valence-electron chi connectivity index (χ2n) is 9.61. The van der Waals surface area contributed by atoms with Crippen molar-refractivity contribution in [2.24, 2.45) is 0 Å². The first-order valence-electron chi connectivity index (χ1n) is 12.9. The van der Waals surface area contributed by atoms with Crippen LogP contribution in [0.5, 0.6) is 11.5 Å². The highest BCUT2D eigenvalue weighted by atomic mass is 35.5. The molecule has 2 amide bonds. The lowest BCUT2D eigenvalue weighted by Gasteiger charge is -2.33. The van der Waals surface area contributed by atoms with Crippen LogP contribution < -0.4 is 19.1 Å². The van der Waals surface area contributed by atoms with Crippen LogP contribution in [0.4, 0.5) is 5.69 Å². The van der Waals surface area contributed by atoms with Gasteiger partial charge >= 0.3 is 0 Å². The summed E-state index contributed by atoms with van der Waals surface area (Å²) in [5.74, 6) is -0.0483. The molecule has 0 radical (unpaired) electrons. The van der Waals surface area contributed by atoms with E-state index in [0.29, 0.717) is 16.5 Å². The molecule has 1 atom stereocenters. The number of nitrogens with one attached hydrogen (secondary N) is 1. The number of anilines is 1. The van der Waals surface area contributed by atoms with E-state index in [1.807, 2.05) is 0 Å². The van der Waals surface area contributed by atoms with Gasteiger partial charge in [-0.1, -0.05) is 43.0 Å². The van der Waals surface area contributed by atoms with Crippen molar-refractivity contribution in [1.82, 2.24) is 10.2 Å². The van der Waals surface area contributed by atoms with Gasteiger partial charge in [-0.3, -0.25) is 13.9 Å². The number of hydrogen-bond acceptors (Lipinski definition) is 6. The van der Waals surface area contributed by atoms with E-state index in [2.05, 4.69) is 5.32 Å². The molecule has 206 valence electrons. The van der Waals surface area contributed by atoms with E-state index >= 15 is 0 Å². The molecular formula is C27H34ClN3O6S. The van der Waals surface area contributed by atoms with E-state index in [0.717, 1.165) is 42.0 Å². The average molecular weight is 564 g/mol. The lowest BCUT2D eigenvalue weighted by Crippen LogP contribution is -2.53. The molecule has 2 aliphatic rings. The number of hydrogen-bond donors (Lipinski definition) is 1. The van der Waals surface area contributed by atoms with Crippen LogP contribution in [-0.4, -0.2) is 56.3 Å². The second-order valence-corrected chi connectivity index (χ2v) is 12.2. The number of carbonyl (C=O) groups is 2. The molecule has 2 aromatic rings. The standard InChI is InChI=1S/C27H34ClN3O6S/c1-3-38(34,35)31(23-13-14-24-25(15-23)37-18-36-24)17-26(32)30(16-20-9-11-21(28)12-10-20)19(2)27(33)29-22-7-5-4-6-8-22/h9-15,19,22H,3-8,16-18H2,1-2H3,(H,29,33). The second kappa shape index (κ2) is 12.3. The summed E-state index contributed by atoms with van der Waals surface area (Å²) in [6, 6.07) is 11.0. The quantitative estimate of drug-likeness (QED) is 0.467. The van der Waals surface area contributed by atoms with Gasteiger partial charge in [0.15, 0.2) is 11.5 Å². The summed E-state index contributed by atoms with van der Waals surface area (Å²) in [4.78, 5) is 28.5. The number of rotatable bonds is 10. The van der Waals surface area contributed by atoms with Crippen molar-refractivity contribution in [3.8, 4) is 11.5 Å². The monoisotopic (exact) mass is 563 g/mol. The van der Waals surface area contributed by atoms with Crippen molar-refractivity contribution < 1.29 is 27.5 Å². The lowest BCUT2D eigenvalue weighted by atomic mass is 9.95. The molecule has 4 rings (SSSR count). The minimum atomic E-state index is -3.83. The van der Waals surface area contributed by atoms with Crippen molar-refractivity contribution in [3.05, 3.63) is 53.1 Å². The Labute approximate surface area is 229 Å². The largest absolute Gasteiger partial charge is 0.454 e. The number of fused-ring (bicyclic) bond motifs is 1. The summed E-state index contributed by atoms with van der Waals surface area (Å²) >= 11 is 6.04. The van der Waals surface area contributed by atoms with Crippen LogP contribution in [0.15, 0.2) is 42.5 Å². The molecule has 1 aliphatic carbocycles. The van der Waals surface area contributed by atoms with Gasteiger partial charge in [0.1, 0.15) is 12.6 Å². The Morgan fingerprint density at radius 3 is 2.42 bits per heavy atom. The highest BCUT2D eigenvalue weighted by Crippen LogP contribution is 2.36. The maximum atomic E-state index is 13.8. The van der Waals surface area contributed by atoms with Crippen LogP contribution >= 0.6 is 11.6 Å². The van der Waals surface area contributed by atoms with E-state index in [1.54, 1.807) is 49.4 Å². The van der Waals surface area contributed by atoms with Gasteiger partial charge in [0, 0.05) is 23.7 Å². The summed E-state index contributed by atoms with van der Waals surface area (Å²) in [5, 5.41) is 3.64. The van der Waals surface area contributed by atoms with Gasteiger partial charge in [-0.25, -0.2) is 8.42 Å². The molecule has 1 heterocycles. The van der Waals surface area contributed by atoms with Gasteiger partial charge in [-0.15, -0.1) is 0 Å². The zero-order valence-corrected chi connectivity index (χ0v) is 23.3. The fraction of sp³-hybridized carbons (Fsp3) is 0.481. The predicted octanol–water partition coefficient (Wildman–Crippen LogP) is 4.09. The number of nitrogens with zero attached hydrogens (tertiary/aromatic N) is 2. The number of halogens is 1. The third kappa shape index (κ3) is 6.71. The van der Waals surface area contributed by atoms with Crippen LogP contribution in [0.25, 0.3) is 0 Å². The van der Waals surface area contributed by atoms with Crippen LogP contribution in [0, 0.1) is 0 Å². The Kier molecular flexibility index (Phi) is 9.04. The van der Waals surface area contributed by atoms with Crippen molar-refractivity contribution in [1.29, 1.82) is 0 Å². The van der Waals surface area contributed by atoms with Gasteiger partial charge in [-0.2, -0.15) is 0 Å². The summed E-state index contributed by atoms with van der Waals surface area (Å²) in [6.07, 6.45) is 5.11. The molecular weight excluding hydrogens is 530 g/mol. The summed E-state index contributed by atoms with van der Waals surface area (Å²) in [5.41, 5.74) is 1.06. The first-order chi connectivity index (χ1) is 18.2. The van der Waals surface area contributed by atoms with Crippen molar-refractivity contribution in [2.75, 3.05) is 23.4 Å². The molecule has 1 N–H and O–H groups in total.